The molecule has 0 aromatic heterocycles. The predicted molar refractivity (Wildman–Crippen MR) is 52.5 cm³/mol. The van der Waals surface area contributed by atoms with Crippen LogP contribution in [0.1, 0.15) is 39.0 Å². The lowest BCUT2D eigenvalue weighted by Crippen LogP contribution is -2.20. The van der Waals surface area contributed by atoms with Gasteiger partial charge in [0.15, 0.2) is 0 Å². The van der Waals surface area contributed by atoms with Gasteiger partial charge < -0.3 is 0 Å². The van der Waals surface area contributed by atoms with Gasteiger partial charge >= 0.3 is 0 Å². The molecule has 1 unspecified atom stereocenters. The van der Waals surface area contributed by atoms with Crippen LogP contribution in [0.4, 0.5) is 0 Å². The maximum Gasteiger partial charge on any atom is 0.0253 e. The van der Waals surface area contributed by atoms with E-state index in [1.54, 1.807) is 0 Å². The normalized spacial score (nSPS) is 53.4. The molecule has 0 aliphatic heterocycles. The van der Waals surface area contributed by atoms with Gasteiger partial charge in [-0.1, -0.05) is 35.9 Å². The van der Waals surface area contributed by atoms with Crippen LogP contribution in [0.3, 0.4) is 0 Å². The lowest BCUT2D eigenvalue weighted by atomic mass is 9.94. The molecule has 2 aliphatic carbocycles. The number of hydrogen-bond acceptors (Lipinski definition) is 0. The molecule has 58 valence electrons. The van der Waals surface area contributed by atoms with Crippen LogP contribution >= 0.6 is 22.6 Å². The van der Waals surface area contributed by atoms with Crippen molar-refractivity contribution in [1.29, 1.82) is 0 Å². The van der Waals surface area contributed by atoms with Crippen molar-refractivity contribution in [1.82, 2.24) is 0 Å². The van der Waals surface area contributed by atoms with E-state index >= 15 is 0 Å². The van der Waals surface area contributed by atoms with Gasteiger partial charge in [-0.15, -0.1) is 0 Å². The first-order chi connectivity index (χ1) is 4.72. The van der Waals surface area contributed by atoms with E-state index in [0.717, 1.165) is 15.3 Å². The fourth-order valence-electron chi connectivity index (χ4n) is 2.83. The molecule has 0 bridgehead atoms. The molecule has 10 heavy (non-hydrogen) atoms. The quantitative estimate of drug-likeness (QED) is 0.456. The average Bonchev–Trinajstić information content (AvgIpc) is 2.35. The molecule has 2 aliphatic rings. The Labute approximate surface area is 76.9 Å². The zero-order valence-electron chi connectivity index (χ0n) is 6.57. The second-order valence-corrected chi connectivity index (χ2v) is 6.20. The molecule has 0 N–H and O–H groups in total. The summed E-state index contributed by atoms with van der Waals surface area (Å²) in [5.74, 6) is 2.10. The molecule has 2 fully saturated rings. The van der Waals surface area contributed by atoms with Gasteiger partial charge in [-0.05, 0) is 37.5 Å². The summed E-state index contributed by atoms with van der Waals surface area (Å²) in [5, 5.41) is 0. The SMILES string of the molecule is C[C@H]1CC[C@]2(I)CCCC12. The molecular formula is C9H15I. The third-order valence-electron chi connectivity index (χ3n) is 3.47. The first kappa shape index (κ1) is 7.38. The summed E-state index contributed by atoms with van der Waals surface area (Å²) in [6.45, 7) is 2.44. The number of rotatable bonds is 0. The highest BCUT2D eigenvalue weighted by molar-refractivity contribution is 14.1. The molecule has 0 radical (unpaired) electrons. The van der Waals surface area contributed by atoms with Crippen LogP contribution in [0.2, 0.25) is 0 Å². The van der Waals surface area contributed by atoms with Crippen molar-refractivity contribution in [3.8, 4) is 0 Å². The van der Waals surface area contributed by atoms with Gasteiger partial charge in [0.1, 0.15) is 0 Å². The Bertz CT molecular complexity index is 144. The minimum absolute atomic E-state index is 0.747. The Morgan fingerprint density at radius 2 is 2.10 bits per heavy atom. The smallest absolute Gasteiger partial charge is 0.0253 e. The fourth-order valence-corrected chi connectivity index (χ4v) is 4.45. The van der Waals surface area contributed by atoms with Crippen LogP contribution < -0.4 is 0 Å². The van der Waals surface area contributed by atoms with Gasteiger partial charge in [0.05, 0.1) is 0 Å². The molecule has 1 heteroatoms. The van der Waals surface area contributed by atoms with Crippen molar-refractivity contribution >= 4 is 22.6 Å². The van der Waals surface area contributed by atoms with Crippen molar-refractivity contribution < 1.29 is 0 Å². The summed E-state index contributed by atoms with van der Waals surface area (Å²) in [4.78, 5) is 0. The fraction of sp³-hybridized carbons (Fsp3) is 1.00. The molecule has 0 aromatic carbocycles. The van der Waals surface area contributed by atoms with E-state index in [9.17, 15) is 0 Å². The van der Waals surface area contributed by atoms with Crippen molar-refractivity contribution in [2.75, 3.05) is 0 Å². The second kappa shape index (κ2) is 2.36. The van der Waals surface area contributed by atoms with Gasteiger partial charge in [0.25, 0.3) is 0 Å². The van der Waals surface area contributed by atoms with Crippen molar-refractivity contribution in [3.05, 3.63) is 0 Å². The number of alkyl halides is 1. The van der Waals surface area contributed by atoms with Gasteiger partial charge in [-0.25, -0.2) is 0 Å². The van der Waals surface area contributed by atoms with Gasteiger partial charge in [0, 0.05) is 3.42 Å². The Balaban J connectivity index is 2.19. The largest absolute Gasteiger partial charge is 0.0786 e. The molecule has 0 aromatic rings. The Morgan fingerprint density at radius 1 is 1.30 bits per heavy atom. The van der Waals surface area contributed by atoms with Crippen LogP contribution in [0, 0.1) is 11.8 Å². The van der Waals surface area contributed by atoms with E-state index in [1.807, 2.05) is 0 Å². The summed E-state index contributed by atoms with van der Waals surface area (Å²) < 4.78 is 0.747. The molecule has 2 rings (SSSR count). The van der Waals surface area contributed by atoms with Crippen LogP contribution in [-0.2, 0) is 0 Å². The highest BCUT2D eigenvalue weighted by Crippen LogP contribution is 2.55. The monoisotopic (exact) mass is 250 g/mol. The van der Waals surface area contributed by atoms with E-state index in [0.29, 0.717) is 0 Å². The topological polar surface area (TPSA) is 0 Å². The van der Waals surface area contributed by atoms with Crippen LogP contribution in [0.25, 0.3) is 0 Å². The molecule has 3 atom stereocenters. The van der Waals surface area contributed by atoms with E-state index in [4.69, 9.17) is 0 Å². The highest BCUT2D eigenvalue weighted by atomic mass is 127. The van der Waals surface area contributed by atoms with E-state index < -0.39 is 0 Å². The van der Waals surface area contributed by atoms with Gasteiger partial charge in [-0.3, -0.25) is 0 Å². The lowest BCUT2D eigenvalue weighted by molar-refractivity contribution is 0.410. The van der Waals surface area contributed by atoms with Gasteiger partial charge in [0.2, 0.25) is 0 Å². The molecule has 0 saturated heterocycles. The van der Waals surface area contributed by atoms with Crippen LogP contribution in [0.15, 0.2) is 0 Å². The summed E-state index contributed by atoms with van der Waals surface area (Å²) in [7, 11) is 0. The van der Waals surface area contributed by atoms with Crippen LogP contribution in [0.5, 0.6) is 0 Å². The summed E-state index contributed by atoms with van der Waals surface area (Å²) in [5.41, 5.74) is 0. The first-order valence-corrected chi connectivity index (χ1v) is 5.49. The van der Waals surface area contributed by atoms with E-state index in [2.05, 4.69) is 29.5 Å². The average molecular weight is 250 g/mol. The predicted octanol–water partition coefficient (Wildman–Crippen LogP) is 3.39. The highest BCUT2D eigenvalue weighted by Gasteiger charge is 2.47. The molecule has 0 spiro atoms. The van der Waals surface area contributed by atoms with Crippen LogP contribution in [-0.4, -0.2) is 3.42 Å². The summed E-state index contributed by atoms with van der Waals surface area (Å²) >= 11 is 2.73. The minimum Gasteiger partial charge on any atom is -0.0786 e. The van der Waals surface area contributed by atoms with E-state index in [1.165, 1.54) is 32.1 Å². The number of fused-ring (bicyclic) bond motifs is 1. The number of halogens is 1. The summed E-state index contributed by atoms with van der Waals surface area (Å²) in [6.07, 6.45) is 7.51. The number of hydrogen-bond donors (Lipinski definition) is 0. The Morgan fingerprint density at radius 3 is 2.80 bits per heavy atom. The van der Waals surface area contributed by atoms with Crippen molar-refractivity contribution in [2.24, 2.45) is 11.8 Å². The third kappa shape index (κ3) is 0.926. The van der Waals surface area contributed by atoms with E-state index in [-0.39, 0.29) is 0 Å². The Kier molecular flexibility index (Phi) is 1.74. The maximum atomic E-state index is 2.73. The summed E-state index contributed by atoms with van der Waals surface area (Å²) in [6, 6.07) is 0. The molecular weight excluding hydrogens is 235 g/mol. The Hall–Kier alpha value is 0.730. The standard InChI is InChI=1S/C9H15I/c1-7-4-6-9(10)5-2-3-8(7)9/h7-8H,2-6H2,1H3/t7-,8?,9+/m0/s1. The molecule has 0 amide bonds. The third-order valence-corrected chi connectivity index (χ3v) is 5.35. The van der Waals surface area contributed by atoms with Gasteiger partial charge in [-0.2, -0.15) is 0 Å². The first-order valence-electron chi connectivity index (χ1n) is 4.41. The molecule has 2 saturated carbocycles. The van der Waals surface area contributed by atoms with Crippen molar-refractivity contribution in [2.45, 2.75) is 42.4 Å². The maximum absolute atomic E-state index is 2.73. The minimum atomic E-state index is 0.747. The van der Waals surface area contributed by atoms with Crippen molar-refractivity contribution in [3.63, 3.8) is 0 Å². The molecule has 0 nitrogen and oxygen atoms in total. The lowest BCUT2D eigenvalue weighted by Gasteiger charge is -2.22. The zero-order chi connectivity index (χ0) is 7.19. The zero-order valence-corrected chi connectivity index (χ0v) is 8.73. The second-order valence-electron chi connectivity index (χ2n) is 4.05. The molecule has 0 heterocycles.